The van der Waals surface area contributed by atoms with Gasteiger partial charge in [-0.3, -0.25) is 0 Å². The maximum atomic E-state index is 6.20. The van der Waals surface area contributed by atoms with Gasteiger partial charge in [0.05, 0.1) is 11.1 Å². The highest BCUT2D eigenvalue weighted by atomic mass is 35.5. The van der Waals surface area contributed by atoms with Crippen LogP contribution in [0.25, 0.3) is 11.0 Å². The fourth-order valence-electron chi connectivity index (χ4n) is 3.50. The van der Waals surface area contributed by atoms with E-state index in [9.17, 15) is 0 Å². The van der Waals surface area contributed by atoms with Crippen molar-refractivity contribution in [1.29, 1.82) is 0 Å². The van der Waals surface area contributed by atoms with E-state index in [0.29, 0.717) is 5.02 Å². The zero-order valence-corrected chi connectivity index (χ0v) is 12.3. The van der Waals surface area contributed by atoms with Crippen LogP contribution in [0, 0.1) is 5.41 Å². The van der Waals surface area contributed by atoms with Gasteiger partial charge in [0.15, 0.2) is 5.58 Å². The summed E-state index contributed by atoms with van der Waals surface area (Å²) in [4.78, 5) is 0. The number of para-hydroxylation sites is 1. The summed E-state index contributed by atoms with van der Waals surface area (Å²) in [5, 5.41) is 5.22. The minimum absolute atomic E-state index is 0.262. The molecular weight excluding hydrogens is 258 g/mol. The van der Waals surface area contributed by atoms with Gasteiger partial charge in [0.25, 0.3) is 0 Å². The molecule has 1 aromatic carbocycles. The van der Waals surface area contributed by atoms with Crippen LogP contribution in [0.1, 0.15) is 44.4 Å². The average Bonchev–Trinajstić information content (AvgIpc) is 2.98. The number of benzene rings is 1. The molecule has 19 heavy (non-hydrogen) atoms. The van der Waals surface area contributed by atoms with Crippen LogP contribution in [0.15, 0.2) is 28.7 Å². The number of rotatable bonds is 3. The van der Waals surface area contributed by atoms with Gasteiger partial charge >= 0.3 is 0 Å². The summed E-state index contributed by atoms with van der Waals surface area (Å²) in [6.07, 6.45) is 5.14. The molecule has 0 bridgehead atoms. The van der Waals surface area contributed by atoms with E-state index in [0.717, 1.165) is 16.7 Å². The lowest BCUT2D eigenvalue weighted by molar-refractivity contribution is 0.209. The maximum absolute atomic E-state index is 6.20. The number of hydrogen-bond donors (Lipinski definition) is 1. The largest absolute Gasteiger partial charge is 0.458 e. The van der Waals surface area contributed by atoms with Gasteiger partial charge in [0, 0.05) is 5.39 Å². The Hall–Kier alpha value is -0.990. The molecule has 102 valence electrons. The Kier molecular flexibility index (Phi) is 3.32. The predicted molar refractivity (Wildman–Crippen MR) is 79.6 cm³/mol. The van der Waals surface area contributed by atoms with Gasteiger partial charge in [-0.1, -0.05) is 43.5 Å². The number of halogens is 1. The zero-order valence-electron chi connectivity index (χ0n) is 11.5. The molecule has 3 heteroatoms. The van der Waals surface area contributed by atoms with Gasteiger partial charge in [-0.25, -0.2) is 0 Å². The third-order valence-electron chi connectivity index (χ3n) is 4.53. The summed E-state index contributed by atoms with van der Waals surface area (Å²) < 4.78 is 6.04. The molecule has 0 spiro atoms. The molecule has 3 rings (SSSR count). The second-order valence-electron chi connectivity index (χ2n) is 5.89. The van der Waals surface area contributed by atoms with Crippen molar-refractivity contribution in [2.45, 2.75) is 38.6 Å². The Labute approximate surface area is 119 Å². The molecule has 0 aliphatic heterocycles. The van der Waals surface area contributed by atoms with Crippen LogP contribution in [0.4, 0.5) is 0 Å². The molecule has 1 aromatic heterocycles. The first-order chi connectivity index (χ1) is 9.14. The van der Waals surface area contributed by atoms with Crippen molar-refractivity contribution in [3.05, 3.63) is 35.0 Å². The van der Waals surface area contributed by atoms with E-state index >= 15 is 0 Å². The minimum Gasteiger partial charge on any atom is -0.458 e. The van der Waals surface area contributed by atoms with Crippen molar-refractivity contribution >= 4 is 22.6 Å². The summed E-state index contributed by atoms with van der Waals surface area (Å²) in [5.41, 5.74) is 1.09. The molecule has 0 saturated heterocycles. The topological polar surface area (TPSA) is 25.2 Å². The van der Waals surface area contributed by atoms with Crippen LogP contribution < -0.4 is 5.32 Å². The van der Waals surface area contributed by atoms with Crippen LogP contribution in [0.5, 0.6) is 0 Å². The van der Waals surface area contributed by atoms with Crippen LogP contribution in [0.3, 0.4) is 0 Å². The molecule has 1 atom stereocenters. The van der Waals surface area contributed by atoms with E-state index < -0.39 is 0 Å². The Morgan fingerprint density at radius 3 is 2.68 bits per heavy atom. The monoisotopic (exact) mass is 277 g/mol. The fourth-order valence-corrected chi connectivity index (χ4v) is 3.72. The van der Waals surface area contributed by atoms with E-state index in [2.05, 4.69) is 24.4 Å². The van der Waals surface area contributed by atoms with E-state index in [4.69, 9.17) is 16.0 Å². The third kappa shape index (κ3) is 2.17. The zero-order chi connectivity index (χ0) is 13.5. The van der Waals surface area contributed by atoms with Gasteiger partial charge in [-0.15, -0.1) is 0 Å². The standard InChI is InChI=1S/C16H20ClNO/c1-16(8-3-4-9-16)15(18-2)13-10-11-6-5-7-12(17)14(11)19-13/h5-7,10,15,18H,3-4,8-9H2,1-2H3. The van der Waals surface area contributed by atoms with Crippen molar-refractivity contribution in [3.63, 3.8) is 0 Å². The highest BCUT2D eigenvalue weighted by molar-refractivity contribution is 6.34. The number of hydrogen-bond acceptors (Lipinski definition) is 2. The lowest BCUT2D eigenvalue weighted by atomic mass is 9.79. The highest BCUT2D eigenvalue weighted by Gasteiger charge is 2.38. The van der Waals surface area contributed by atoms with Crippen molar-refractivity contribution in [2.75, 3.05) is 7.05 Å². The average molecular weight is 278 g/mol. The minimum atomic E-state index is 0.262. The molecule has 1 unspecified atom stereocenters. The first kappa shape index (κ1) is 13.0. The number of nitrogens with one attached hydrogen (secondary N) is 1. The molecular formula is C16H20ClNO. The molecule has 1 N–H and O–H groups in total. The molecule has 1 saturated carbocycles. The highest BCUT2D eigenvalue weighted by Crippen LogP contribution is 2.48. The van der Waals surface area contributed by atoms with E-state index in [1.165, 1.54) is 25.7 Å². The molecule has 2 aromatic rings. The summed E-state index contributed by atoms with van der Waals surface area (Å²) in [5.74, 6) is 1.01. The molecule has 1 heterocycles. The van der Waals surface area contributed by atoms with Gasteiger partial charge in [0.1, 0.15) is 5.76 Å². The summed E-state index contributed by atoms with van der Waals surface area (Å²) in [6, 6.07) is 8.29. The van der Waals surface area contributed by atoms with Crippen molar-refractivity contribution in [1.82, 2.24) is 5.32 Å². The Morgan fingerprint density at radius 2 is 2.05 bits per heavy atom. The van der Waals surface area contributed by atoms with Crippen molar-refractivity contribution < 1.29 is 4.42 Å². The van der Waals surface area contributed by atoms with Crippen molar-refractivity contribution in [2.24, 2.45) is 5.41 Å². The quantitative estimate of drug-likeness (QED) is 0.861. The predicted octanol–water partition coefficient (Wildman–Crippen LogP) is 4.93. The summed E-state index contributed by atoms with van der Waals surface area (Å²) in [6.45, 7) is 2.36. The Bertz CT molecular complexity index is 583. The molecule has 1 fully saturated rings. The van der Waals surface area contributed by atoms with Crippen LogP contribution in [0.2, 0.25) is 5.02 Å². The van der Waals surface area contributed by atoms with E-state index in [1.807, 2.05) is 19.2 Å². The van der Waals surface area contributed by atoms with E-state index in [1.54, 1.807) is 0 Å². The smallest absolute Gasteiger partial charge is 0.152 e. The van der Waals surface area contributed by atoms with Crippen LogP contribution in [-0.4, -0.2) is 7.05 Å². The Balaban J connectivity index is 2.04. The fraction of sp³-hybridized carbons (Fsp3) is 0.500. The first-order valence-corrected chi connectivity index (χ1v) is 7.37. The molecule has 2 nitrogen and oxygen atoms in total. The molecule has 0 amide bonds. The van der Waals surface area contributed by atoms with Gasteiger partial charge in [-0.2, -0.15) is 0 Å². The van der Waals surface area contributed by atoms with Crippen LogP contribution >= 0.6 is 11.6 Å². The molecule has 0 radical (unpaired) electrons. The summed E-state index contributed by atoms with van der Waals surface area (Å²) >= 11 is 6.20. The molecule has 1 aliphatic carbocycles. The van der Waals surface area contributed by atoms with Crippen molar-refractivity contribution in [3.8, 4) is 0 Å². The second kappa shape index (κ2) is 4.84. The summed E-state index contributed by atoms with van der Waals surface area (Å²) in [7, 11) is 2.02. The SMILES string of the molecule is CNC(c1cc2cccc(Cl)c2o1)C1(C)CCCC1. The third-order valence-corrected chi connectivity index (χ3v) is 4.83. The van der Waals surface area contributed by atoms with Gasteiger partial charge < -0.3 is 9.73 Å². The number of fused-ring (bicyclic) bond motifs is 1. The van der Waals surface area contributed by atoms with Gasteiger partial charge in [0.2, 0.25) is 0 Å². The van der Waals surface area contributed by atoms with E-state index in [-0.39, 0.29) is 11.5 Å². The molecule has 1 aliphatic rings. The lowest BCUT2D eigenvalue weighted by Gasteiger charge is -2.32. The Morgan fingerprint density at radius 1 is 1.32 bits per heavy atom. The normalized spacial score (nSPS) is 19.9. The lowest BCUT2D eigenvalue weighted by Crippen LogP contribution is -2.31. The number of furan rings is 1. The van der Waals surface area contributed by atoms with Crippen LogP contribution in [-0.2, 0) is 0 Å². The van der Waals surface area contributed by atoms with Gasteiger partial charge in [-0.05, 0) is 37.4 Å². The second-order valence-corrected chi connectivity index (χ2v) is 6.30. The first-order valence-electron chi connectivity index (χ1n) is 6.99. The maximum Gasteiger partial charge on any atom is 0.152 e.